The van der Waals surface area contributed by atoms with Crippen molar-refractivity contribution in [2.75, 3.05) is 6.54 Å². The van der Waals surface area contributed by atoms with Crippen LogP contribution >= 0.6 is 0 Å². The number of rotatable bonds is 7. The molecule has 1 aromatic heterocycles. The van der Waals surface area contributed by atoms with E-state index < -0.39 is 0 Å². The van der Waals surface area contributed by atoms with E-state index in [1.807, 2.05) is 23.9 Å². The SMILES string of the molecule is CCCNC(Cc1ccc(F)cc1)c1cn(C)nc1CC. The zero-order valence-electron chi connectivity index (χ0n) is 13.1. The number of aromatic nitrogens is 2. The fourth-order valence-electron chi connectivity index (χ4n) is 2.59. The minimum atomic E-state index is -0.188. The number of halogens is 1. The summed E-state index contributed by atoms with van der Waals surface area (Å²) in [5.41, 5.74) is 3.52. The molecule has 4 heteroatoms. The minimum Gasteiger partial charge on any atom is -0.310 e. The second-order valence-corrected chi connectivity index (χ2v) is 5.40. The molecule has 0 aliphatic carbocycles. The third-order valence-corrected chi connectivity index (χ3v) is 3.64. The van der Waals surface area contributed by atoms with Crippen LogP contribution in [-0.4, -0.2) is 16.3 Å². The molecule has 3 nitrogen and oxygen atoms in total. The quantitative estimate of drug-likeness (QED) is 0.846. The van der Waals surface area contributed by atoms with Crippen molar-refractivity contribution in [2.45, 2.75) is 39.2 Å². The number of benzene rings is 1. The first-order chi connectivity index (χ1) is 10.1. The molecule has 0 aliphatic heterocycles. The van der Waals surface area contributed by atoms with Gasteiger partial charge in [0.1, 0.15) is 5.82 Å². The Morgan fingerprint density at radius 3 is 2.57 bits per heavy atom. The van der Waals surface area contributed by atoms with Crippen LogP contribution in [0.1, 0.15) is 43.1 Å². The van der Waals surface area contributed by atoms with Crippen molar-refractivity contribution in [1.82, 2.24) is 15.1 Å². The average molecular weight is 289 g/mol. The molecule has 1 atom stereocenters. The van der Waals surface area contributed by atoms with Crippen LogP contribution in [0.25, 0.3) is 0 Å². The van der Waals surface area contributed by atoms with Gasteiger partial charge >= 0.3 is 0 Å². The van der Waals surface area contributed by atoms with Crippen molar-refractivity contribution < 1.29 is 4.39 Å². The normalized spacial score (nSPS) is 12.6. The lowest BCUT2D eigenvalue weighted by atomic mass is 9.98. The van der Waals surface area contributed by atoms with E-state index in [1.54, 1.807) is 0 Å². The Morgan fingerprint density at radius 2 is 1.95 bits per heavy atom. The number of aryl methyl sites for hydroxylation is 2. The van der Waals surface area contributed by atoms with E-state index in [2.05, 4.69) is 30.5 Å². The molecular formula is C17H24FN3. The number of hydrogen-bond donors (Lipinski definition) is 1. The van der Waals surface area contributed by atoms with E-state index in [4.69, 9.17) is 0 Å². The maximum atomic E-state index is 13.0. The average Bonchev–Trinajstić information content (AvgIpc) is 2.86. The summed E-state index contributed by atoms with van der Waals surface area (Å²) in [5, 5.41) is 8.12. The van der Waals surface area contributed by atoms with Gasteiger partial charge < -0.3 is 5.32 Å². The van der Waals surface area contributed by atoms with Crippen LogP contribution in [0.5, 0.6) is 0 Å². The Morgan fingerprint density at radius 1 is 1.24 bits per heavy atom. The largest absolute Gasteiger partial charge is 0.310 e. The van der Waals surface area contributed by atoms with Crippen LogP contribution in [0.15, 0.2) is 30.5 Å². The predicted molar refractivity (Wildman–Crippen MR) is 83.7 cm³/mol. The molecule has 114 valence electrons. The van der Waals surface area contributed by atoms with Gasteiger partial charge in [-0.3, -0.25) is 4.68 Å². The summed E-state index contributed by atoms with van der Waals surface area (Å²) in [6.07, 6.45) is 4.94. The number of hydrogen-bond acceptors (Lipinski definition) is 2. The van der Waals surface area contributed by atoms with Gasteiger partial charge in [0.05, 0.1) is 5.69 Å². The fraction of sp³-hybridized carbons (Fsp3) is 0.471. The first-order valence-corrected chi connectivity index (χ1v) is 7.64. The molecule has 0 saturated heterocycles. The van der Waals surface area contributed by atoms with Gasteiger partial charge in [-0.15, -0.1) is 0 Å². The Labute approximate surface area is 126 Å². The van der Waals surface area contributed by atoms with Gasteiger partial charge in [0.2, 0.25) is 0 Å². The lowest BCUT2D eigenvalue weighted by Crippen LogP contribution is -2.24. The number of nitrogens with one attached hydrogen (secondary N) is 1. The van der Waals surface area contributed by atoms with Crippen molar-refractivity contribution in [3.8, 4) is 0 Å². The summed E-state index contributed by atoms with van der Waals surface area (Å²) in [4.78, 5) is 0. The van der Waals surface area contributed by atoms with Crippen LogP contribution in [-0.2, 0) is 19.9 Å². The Hall–Kier alpha value is -1.68. The first kappa shape index (κ1) is 15.7. The van der Waals surface area contributed by atoms with Gasteiger partial charge in [-0.2, -0.15) is 5.10 Å². The lowest BCUT2D eigenvalue weighted by Gasteiger charge is -2.18. The molecule has 0 fully saturated rings. The van der Waals surface area contributed by atoms with Crippen LogP contribution in [0.4, 0.5) is 4.39 Å². The van der Waals surface area contributed by atoms with Gasteiger partial charge in [-0.25, -0.2) is 4.39 Å². The van der Waals surface area contributed by atoms with Gasteiger partial charge in [0.15, 0.2) is 0 Å². The third-order valence-electron chi connectivity index (χ3n) is 3.64. The first-order valence-electron chi connectivity index (χ1n) is 7.64. The van der Waals surface area contributed by atoms with Crippen LogP contribution in [0, 0.1) is 5.82 Å². The molecule has 21 heavy (non-hydrogen) atoms. The van der Waals surface area contributed by atoms with E-state index in [0.29, 0.717) is 0 Å². The predicted octanol–water partition coefficient (Wildman–Crippen LogP) is 3.41. The van der Waals surface area contributed by atoms with E-state index in [0.717, 1.165) is 37.1 Å². The summed E-state index contributed by atoms with van der Waals surface area (Å²) in [6.45, 7) is 5.25. The van der Waals surface area contributed by atoms with Crippen molar-refractivity contribution in [2.24, 2.45) is 7.05 Å². The summed E-state index contributed by atoms with van der Waals surface area (Å²) in [6, 6.07) is 6.99. The molecule has 0 aliphatic rings. The summed E-state index contributed by atoms with van der Waals surface area (Å²) < 4.78 is 14.9. The maximum absolute atomic E-state index is 13.0. The van der Waals surface area contributed by atoms with Crippen molar-refractivity contribution in [3.05, 3.63) is 53.1 Å². The molecule has 0 bridgehead atoms. The van der Waals surface area contributed by atoms with Crippen LogP contribution in [0.2, 0.25) is 0 Å². The Kier molecular flexibility index (Phi) is 5.51. The molecule has 0 radical (unpaired) electrons. The van der Waals surface area contributed by atoms with E-state index in [-0.39, 0.29) is 11.9 Å². The zero-order valence-corrected chi connectivity index (χ0v) is 13.1. The van der Waals surface area contributed by atoms with Gasteiger partial charge in [0.25, 0.3) is 0 Å². The highest BCUT2D eigenvalue weighted by atomic mass is 19.1. The molecule has 0 spiro atoms. The molecule has 2 aromatic rings. The second kappa shape index (κ2) is 7.36. The molecular weight excluding hydrogens is 265 g/mol. The second-order valence-electron chi connectivity index (χ2n) is 5.40. The maximum Gasteiger partial charge on any atom is 0.123 e. The van der Waals surface area contributed by atoms with E-state index >= 15 is 0 Å². The van der Waals surface area contributed by atoms with Gasteiger partial charge in [-0.05, 0) is 43.5 Å². The number of nitrogens with zero attached hydrogens (tertiary/aromatic N) is 2. The highest BCUT2D eigenvalue weighted by Crippen LogP contribution is 2.22. The highest BCUT2D eigenvalue weighted by Gasteiger charge is 2.17. The van der Waals surface area contributed by atoms with Crippen LogP contribution < -0.4 is 5.32 Å². The van der Waals surface area contributed by atoms with Gasteiger partial charge in [-0.1, -0.05) is 26.0 Å². The summed E-state index contributed by atoms with van der Waals surface area (Å²) in [5.74, 6) is -0.188. The summed E-state index contributed by atoms with van der Waals surface area (Å²) >= 11 is 0. The molecule has 1 heterocycles. The third kappa shape index (κ3) is 4.14. The van der Waals surface area contributed by atoms with Crippen molar-refractivity contribution >= 4 is 0 Å². The molecule has 1 aromatic carbocycles. The molecule has 1 unspecified atom stereocenters. The van der Waals surface area contributed by atoms with Crippen molar-refractivity contribution in [1.29, 1.82) is 0 Å². The van der Waals surface area contributed by atoms with E-state index in [9.17, 15) is 4.39 Å². The van der Waals surface area contributed by atoms with Crippen molar-refractivity contribution in [3.63, 3.8) is 0 Å². The highest BCUT2D eigenvalue weighted by molar-refractivity contribution is 5.26. The fourth-order valence-corrected chi connectivity index (χ4v) is 2.59. The zero-order chi connectivity index (χ0) is 15.2. The molecule has 2 rings (SSSR count). The van der Waals surface area contributed by atoms with Crippen LogP contribution in [0.3, 0.4) is 0 Å². The minimum absolute atomic E-state index is 0.188. The van der Waals surface area contributed by atoms with E-state index in [1.165, 1.54) is 17.7 Å². The summed E-state index contributed by atoms with van der Waals surface area (Å²) in [7, 11) is 1.96. The molecule has 1 N–H and O–H groups in total. The Bertz CT molecular complexity index is 560. The lowest BCUT2D eigenvalue weighted by molar-refractivity contribution is 0.525. The van der Waals surface area contributed by atoms with Gasteiger partial charge in [0, 0.05) is 24.8 Å². The topological polar surface area (TPSA) is 29.9 Å². The molecule has 0 amide bonds. The smallest absolute Gasteiger partial charge is 0.123 e. The monoisotopic (exact) mass is 289 g/mol. The molecule has 0 saturated carbocycles. The standard InChI is InChI=1S/C17H24FN3/c1-4-10-19-17(11-13-6-8-14(18)9-7-13)15-12-21(3)20-16(15)5-2/h6-9,12,17,19H,4-5,10-11H2,1-3H3. The Balaban J connectivity index is 2.22.